The summed E-state index contributed by atoms with van der Waals surface area (Å²) < 4.78 is 0. The Bertz CT molecular complexity index is 22.8. The van der Waals surface area contributed by atoms with Crippen molar-refractivity contribution in [2.24, 2.45) is 0 Å². The summed E-state index contributed by atoms with van der Waals surface area (Å²) in [5, 5.41) is 22.7. The van der Waals surface area contributed by atoms with Crippen LogP contribution in [0.2, 0.25) is 0 Å². The van der Waals surface area contributed by atoms with Gasteiger partial charge < -0.3 is 22.2 Å². The molecule has 0 aliphatic carbocycles. The van der Waals surface area contributed by atoms with E-state index < -0.39 is 0 Å². The van der Waals surface area contributed by atoms with Gasteiger partial charge in [-0.2, -0.15) is 6.42 Å². The molecule has 0 aromatic carbocycles. The molecule has 0 saturated carbocycles. The van der Waals surface area contributed by atoms with E-state index in [9.17, 15) is 0 Å². The van der Waals surface area contributed by atoms with Gasteiger partial charge in [0, 0.05) is 19.8 Å². The van der Waals surface area contributed by atoms with Gasteiger partial charge in [-0.1, -0.05) is 6.92 Å². The maximum absolute atomic E-state index is 7.57. The van der Waals surface area contributed by atoms with Crippen molar-refractivity contribution in [3.63, 3.8) is 0 Å². The number of hydrogen-bond acceptors (Lipinski definition) is 3. The molecule has 3 N–H and O–H groups in total. The fourth-order valence-corrected chi connectivity index (χ4v) is 0. The Morgan fingerprint density at radius 3 is 0.769 bits per heavy atom. The second-order valence-corrected chi connectivity index (χ2v) is 1.45. The third kappa shape index (κ3) is 5440. The first-order valence-electron chi connectivity index (χ1n) is 4.28. The summed E-state index contributed by atoms with van der Waals surface area (Å²) in [5.41, 5.74) is 0. The van der Waals surface area contributed by atoms with Crippen LogP contribution in [0, 0.1) is 6.92 Å². The van der Waals surface area contributed by atoms with Gasteiger partial charge >= 0.3 is 19.5 Å². The monoisotopic (exact) mass is 283 g/mol. The van der Waals surface area contributed by atoms with Crippen molar-refractivity contribution in [3.8, 4) is 0 Å². The van der Waals surface area contributed by atoms with E-state index in [2.05, 4.69) is 6.92 Å². The molecule has 0 unspecified atom stereocenters. The first-order chi connectivity index (χ1) is 5.66. The minimum absolute atomic E-state index is 0. The van der Waals surface area contributed by atoms with Crippen LogP contribution in [0.4, 0.5) is 0 Å². The molecule has 13 heavy (non-hydrogen) atoms. The van der Waals surface area contributed by atoms with Crippen LogP contribution in [-0.2, 0) is 19.5 Å². The van der Waals surface area contributed by atoms with E-state index in [0.29, 0.717) is 0 Å². The Labute approximate surface area is 95.9 Å². The van der Waals surface area contributed by atoms with Gasteiger partial charge in [-0.3, -0.25) is 0 Å². The smallest absolute Gasteiger partial charge is 0.397 e. The Morgan fingerprint density at radius 2 is 0.769 bits per heavy atom. The molecule has 0 amide bonds. The van der Waals surface area contributed by atoms with Gasteiger partial charge in [0.25, 0.3) is 0 Å². The molecule has 0 heterocycles. The van der Waals surface area contributed by atoms with Gasteiger partial charge in [0.05, 0.1) is 0 Å². The maximum atomic E-state index is 7.57. The molecule has 3 nitrogen and oxygen atoms in total. The van der Waals surface area contributed by atoms with Crippen LogP contribution in [0.25, 0.3) is 0 Å². The van der Waals surface area contributed by atoms with Crippen molar-refractivity contribution in [2.75, 3.05) is 19.8 Å². The van der Waals surface area contributed by atoms with Gasteiger partial charge in [0.15, 0.2) is 0 Å². The summed E-state index contributed by atoms with van der Waals surface area (Å²) in [6.45, 7) is 11.3. The Morgan fingerprint density at radius 1 is 0.769 bits per heavy atom. The molecule has 87 valence electrons. The normalized spacial score (nSPS) is 5.54. The van der Waals surface area contributed by atoms with Gasteiger partial charge in [-0.15, -0.1) is 0 Å². The zero-order valence-electron chi connectivity index (χ0n) is 9.23. The largest absolute Gasteiger partial charge is 1.00 e. The molecule has 0 aliphatic rings. The topological polar surface area (TPSA) is 60.7 Å². The first kappa shape index (κ1) is 29.2. The van der Waals surface area contributed by atoms with E-state index >= 15 is 0 Å². The van der Waals surface area contributed by atoms with E-state index in [-0.39, 0.29) is 39.3 Å². The van der Waals surface area contributed by atoms with E-state index in [1.54, 1.807) is 20.8 Å². The average molecular weight is 282 g/mol. The first-order valence-corrected chi connectivity index (χ1v) is 4.28. The Hall–Kier alpha value is 0.503. The molecule has 0 rings (SSSR count). The summed E-state index contributed by atoms with van der Waals surface area (Å²) in [5.74, 6) is 0. The Kier molecular flexibility index (Phi) is 183. The number of hydrogen-bond donors (Lipinski definition) is 3. The SMILES string of the molecule is CCO.CCO.CCO.[CH2-]CC.[Ru+]. The van der Waals surface area contributed by atoms with Gasteiger partial charge in [0.1, 0.15) is 0 Å². The predicted octanol–water partition coefficient (Wildman–Crippen LogP) is 1.22. The summed E-state index contributed by atoms with van der Waals surface area (Å²) in [6, 6.07) is 0. The molecule has 0 aromatic rings. The third-order valence-corrected chi connectivity index (χ3v) is 0. The van der Waals surface area contributed by atoms with Crippen LogP contribution in [0.5, 0.6) is 0 Å². The fraction of sp³-hybridized carbons (Fsp3) is 0.889. The van der Waals surface area contributed by atoms with Crippen molar-refractivity contribution in [1.82, 2.24) is 0 Å². The van der Waals surface area contributed by atoms with E-state index in [1.165, 1.54) is 0 Å². The average Bonchev–Trinajstić information content (AvgIpc) is 1.92. The summed E-state index contributed by atoms with van der Waals surface area (Å²) in [4.78, 5) is 0. The zero-order valence-corrected chi connectivity index (χ0v) is 11.0. The van der Waals surface area contributed by atoms with Crippen LogP contribution in [0.1, 0.15) is 34.1 Å². The van der Waals surface area contributed by atoms with Crippen molar-refractivity contribution < 1.29 is 34.8 Å². The van der Waals surface area contributed by atoms with E-state index in [4.69, 9.17) is 15.3 Å². The van der Waals surface area contributed by atoms with Crippen LogP contribution in [0.15, 0.2) is 0 Å². The number of aliphatic hydroxyl groups excluding tert-OH is 3. The molecule has 0 saturated heterocycles. The van der Waals surface area contributed by atoms with Crippen molar-refractivity contribution in [1.29, 1.82) is 0 Å². The van der Waals surface area contributed by atoms with E-state index in [0.717, 1.165) is 6.42 Å². The second-order valence-electron chi connectivity index (χ2n) is 1.45. The molecule has 0 aliphatic heterocycles. The Balaban J connectivity index is -0.0000000213. The van der Waals surface area contributed by atoms with Crippen LogP contribution < -0.4 is 0 Å². The molecule has 0 spiro atoms. The van der Waals surface area contributed by atoms with Gasteiger partial charge in [-0.05, 0) is 20.8 Å². The molecule has 0 bridgehead atoms. The van der Waals surface area contributed by atoms with Crippen LogP contribution in [0.3, 0.4) is 0 Å². The van der Waals surface area contributed by atoms with Crippen LogP contribution >= 0.6 is 0 Å². The zero-order chi connectivity index (χ0) is 10.8. The predicted molar refractivity (Wildman–Crippen MR) is 53.9 cm³/mol. The molecule has 0 fully saturated rings. The summed E-state index contributed by atoms with van der Waals surface area (Å²) in [6.07, 6.45) is 1.00. The molecular weight excluding hydrogens is 257 g/mol. The standard InChI is InChI=1S/C3H7.3C2H6O.Ru/c1-3-2;3*1-2-3;/h1,3H2,2H3;3*3H,2H2,1H3;/q-1;;;;+1. The third-order valence-electron chi connectivity index (χ3n) is 0. The quantitative estimate of drug-likeness (QED) is 0.462. The van der Waals surface area contributed by atoms with Gasteiger partial charge in [-0.25, -0.2) is 0 Å². The van der Waals surface area contributed by atoms with Crippen molar-refractivity contribution in [2.45, 2.75) is 34.1 Å². The molecule has 0 atom stereocenters. The summed E-state index contributed by atoms with van der Waals surface area (Å²) >= 11 is 0. The number of rotatable bonds is 0. The maximum Gasteiger partial charge on any atom is 1.00 e. The minimum Gasteiger partial charge on any atom is -0.397 e. The molecule has 4 heteroatoms. The van der Waals surface area contributed by atoms with Crippen molar-refractivity contribution >= 4 is 0 Å². The second kappa shape index (κ2) is 81.6. The fourth-order valence-electron chi connectivity index (χ4n) is 0. The van der Waals surface area contributed by atoms with Crippen molar-refractivity contribution in [3.05, 3.63) is 6.92 Å². The molecule has 1 radical (unpaired) electrons. The minimum atomic E-state index is 0. The number of aliphatic hydroxyl groups is 3. The molecule has 0 aromatic heterocycles. The van der Waals surface area contributed by atoms with E-state index in [1.807, 2.05) is 6.92 Å². The summed E-state index contributed by atoms with van der Waals surface area (Å²) in [7, 11) is 0. The van der Waals surface area contributed by atoms with Crippen LogP contribution in [-0.4, -0.2) is 35.1 Å². The van der Waals surface area contributed by atoms with Gasteiger partial charge in [0.2, 0.25) is 0 Å². The molecular formula is C9H25O3Ru.